The molecule has 0 N–H and O–H groups in total. The number of carbonyl (C=O) groups is 1. The summed E-state index contributed by atoms with van der Waals surface area (Å²) in [5.41, 5.74) is 0.886. The molecule has 3 rings (SSSR count). The lowest BCUT2D eigenvalue weighted by Crippen LogP contribution is -2.48. The number of hydrogen-bond donors (Lipinski definition) is 0. The summed E-state index contributed by atoms with van der Waals surface area (Å²) in [6.07, 6.45) is -2.41. The van der Waals surface area contributed by atoms with Crippen molar-refractivity contribution in [1.29, 1.82) is 0 Å². The number of alkyl halides is 2. The predicted octanol–water partition coefficient (Wildman–Crippen LogP) is 0.835. The van der Waals surface area contributed by atoms with Gasteiger partial charge >= 0.3 is 0 Å². The lowest BCUT2D eigenvalue weighted by atomic mass is 10.2. The first-order valence-corrected chi connectivity index (χ1v) is 6.14. The number of fused-ring (bicyclic) bond motifs is 1. The maximum atomic E-state index is 12.7. The third kappa shape index (κ3) is 2.22. The molecule has 1 unspecified atom stereocenters. The van der Waals surface area contributed by atoms with Crippen molar-refractivity contribution >= 4 is 11.6 Å². The lowest BCUT2D eigenvalue weighted by molar-refractivity contribution is -0.0943. The zero-order valence-electron chi connectivity index (χ0n) is 10.4. The molecule has 0 spiro atoms. The molecule has 0 saturated carbocycles. The Hall–Kier alpha value is -2.09. The van der Waals surface area contributed by atoms with Crippen molar-refractivity contribution < 1.29 is 18.3 Å². The molecule has 20 heavy (non-hydrogen) atoms. The van der Waals surface area contributed by atoms with Gasteiger partial charge in [-0.1, -0.05) is 6.07 Å². The molecule has 0 aromatic carbocycles. The highest BCUT2D eigenvalue weighted by Crippen LogP contribution is 2.15. The zero-order valence-corrected chi connectivity index (χ0v) is 10.4. The molecule has 1 aliphatic heterocycles. The maximum Gasteiger partial charge on any atom is 0.271 e. The van der Waals surface area contributed by atoms with E-state index in [0.717, 1.165) is 0 Å². The molecular weight excluding hydrogens is 270 g/mol. The maximum absolute atomic E-state index is 12.7. The summed E-state index contributed by atoms with van der Waals surface area (Å²) >= 11 is 0. The summed E-state index contributed by atoms with van der Waals surface area (Å²) in [5.74, 6) is -0.329. The van der Waals surface area contributed by atoms with Crippen LogP contribution in [0.2, 0.25) is 0 Å². The molecule has 0 radical (unpaired) electrons. The third-order valence-corrected chi connectivity index (χ3v) is 3.21. The average Bonchev–Trinajstić information content (AvgIpc) is 2.95. The van der Waals surface area contributed by atoms with Crippen molar-refractivity contribution in [2.75, 3.05) is 19.7 Å². The second-order valence-corrected chi connectivity index (χ2v) is 4.47. The fraction of sp³-hybridized carbons (Fsp3) is 0.417. The normalized spacial score (nSPS) is 19.8. The number of ether oxygens (including phenoxy) is 1. The first-order valence-electron chi connectivity index (χ1n) is 6.14. The van der Waals surface area contributed by atoms with E-state index in [1.807, 2.05) is 0 Å². The summed E-state index contributed by atoms with van der Waals surface area (Å²) in [7, 11) is 0. The number of amides is 1. The van der Waals surface area contributed by atoms with Crippen LogP contribution in [-0.2, 0) is 4.74 Å². The van der Waals surface area contributed by atoms with Gasteiger partial charge < -0.3 is 9.64 Å². The molecule has 2 aromatic heterocycles. The highest BCUT2D eigenvalue weighted by atomic mass is 19.3. The molecule has 3 heterocycles. The Kier molecular flexibility index (Phi) is 3.31. The van der Waals surface area contributed by atoms with Crippen LogP contribution in [0.25, 0.3) is 5.65 Å². The van der Waals surface area contributed by atoms with E-state index in [-0.39, 0.29) is 19.1 Å². The smallest absolute Gasteiger partial charge is 0.271 e. The molecule has 0 aliphatic carbocycles. The third-order valence-electron chi connectivity index (χ3n) is 3.21. The van der Waals surface area contributed by atoms with E-state index in [0.29, 0.717) is 17.9 Å². The minimum Gasteiger partial charge on any atom is -0.369 e. The number of hydrogen-bond acceptors (Lipinski definition) is 4. The number of rotatable bonds is 2. The molecule has 1 fully saturated rings. The number of carbonyl (C=O) groups excluding carboxylic acids is 1. The topological polar surface area (TPSA) is 59.7 Å². The van der Waals surface area contributed by atoms with Gasteiger partial charge in [-0.05, 0) is 12.1 Å². The number of halogens is 2. The quantitative estimate of drug-likeness (QED) is 0.819. The fourth-order valence-corrected chi connectivity index (χ4v) is 2.20. The molecule has 1 atom stereocenters. The van der Waals surface area contributed by atoms with E-state index in [4.69, 9.17) is 4.74 Å². The van der Waals surface area contributed by atoms with E-state index in [1.165, 1.54) is 15.6 Å². The summed E-state index contributed by atoms with van der Waals surface area (Å²) < 4.78 is 31.8. The highest BCUT2D eigenvalue weighted by Gasteiger charge is 2.31. The Morgan fingerprint density at radius 2 is 2.30 bits per heavy atom. The van der Waals surface area contributed by atoms with Crippen molar-refractivity contribution in [3.8, 4) is 0 Å². The SMILES string of the molecule is O=C(c1cccc2nncn12)N1CCOC(C(F)F)C1. The van der Waals surface area contributed by atoms with E-state index < -0.39 is 12.5 Å². The van der Waals surface area contributed by atoms with E-state index in [2.05, 4.69) is 10.2 Å². The summed E-state index contributed by atoms with van der Waals surface area (Å²) in [6, 6.07) is 5.01. The van der Waals surface area contributed by atoms with Gasteiger partial charge in [0.05, 0.1) is 13.2 Å². The summed E-state index contributed by atoms with van der Waals surface area (Å²) in [4.78, 5) is 13.8. The van der Waals surface area contributed by atoms with Gasteiger partial charge in [0.1, 0.15) is 18.1 Å². The first kappa shape index (κ1) is 12.9. The van der Waals surface area contributed by atoms with Crippen LogP contribution >= 0.6 is 0 Å². The Balaban J connectivity index is 1.87. The average molecular weight is 282 g/mol. The molecule has 106 valence electrons. The monoisotopic (exact) mass is 282 g/mol. The largest absolute Gasteiger partial charge is 0.369 e. The summed E-state index contributed by atoms with van der Waals surface area (Å²) in [5, 5.41) is 7.58. The highest BCUT2D eigenvalue weighted by molar-refractivity contribution is 5.93. The van der Waals surface area contributed by atoms with Crippen LogP contribution in [0.5, 0.6) is 0 Å². The summed E-state index contributed by atoms with van der Waals surface area (Å²) in [6.45, 7) is 0.286. The second-order valence-electron chi connectivity index (χ2n) is 4.47. The molecule has 6 nitrogen and oxygen atoms in total. The second kappa shape index (κ2) is 5.12. The van der Waals surface area contributed by atoms with Gasteiger partial charge in [-0.25, -0.2) is 8.78 Å². The van der Waals surface area contributed by atoms with Gasteiger partial charge in [-0.3, -0.25) is 9.20 Å². The van der Waals surface area contributed by atoms with E-state index in [9.17, 15) is 13.6 Å². The number of morpholine rings is 1. The Bertz CT molecular complexity index is 631. The molecular formula is C12H12F2N4O2. The number of aromatic nitrogens is 3. The minimum absolute atomic E-state index is 0.110. The van der Waals surface area contributed by atoms with Crippen molar-refractivity contribution in [2.45, 2.75) is 12.5 Å². The van der Waals surface area contributed by atoms with Crippen LogP contribution < -0.4 is 0 Å². The molecule has 1 saturated heterocycles. The Morgan fingerprint density at radius 1 is 1.45 bits per heavy atom. The van der Waals surface area contributed by atoms with Crippen molar-refractivity contribution in [2.24, 2.45) is 0 Å². The van der Waals surface area contributed by atoms with Gasteiger partial charge in [0.2, 0.25) is 0 Å². The van der Waals surface area contributed by atoms with Crippen LogP contribution in [0, 0.1) is 0 Å². The van der Waals surface area contributed by atoms with Crippen LogP contribution in [0.3, 0.4) is 0 Å². The lowest BCUT2D eigenvalue weighted by Gasteiger charge is -2.32. The fourth-order valence-electron chi connectivity index (χ4n) is 2.20. The minimum atomic E-state index is -2.60. The van der Waals surface area contributed by atoms with E-state index >= 15 is 0 Å². The number of pyridine rings is 1. The predicted molar refractivity (Wildman–Crippen MR) is 64.6 cm³/mol. The molecule has 2 aromatic rings. The Morgan fingerprint density at radius 3 is 3.10 bits per heavy atom. The Labute approximate surface area is 113 Å². The van der Waals surface area contributed by atoms with Gasteiger partial charge in [-0.2, -0.15) is 0 Å². The van der Waals surface area contributed by atoms with Crippen LogP contribution in [0.15, 0.2) is 24.5 Å². The van der Waals surface area contributed by atoms with Gasteiger partial charge in [0.25, 0.3) is 12.3 Å². The van der Waals surface area contributed by atoms with Crippen molar-refractivity contribution in [3.63, 3.8) is 0 Å². The zero-order chi connectivity index (χ0) is 14.1. The standard InChI is InChI=1S/C12H12F2N4O2/c13-11(14)9-6-17(4-5-20-9)12(19)8-2-1-3-10-16-15-7-18(8)10/h1-3,7,9,11H,4-6H2. The van der Waals surface area contributed by atoms with Gasteiger partial charge in [-0.15, -0.1) is 10.2 Å². The van der Waals surface area contributed by atoms with Gasteiger partial charge in [0.15, 0.2) is 5.65 Å². The molecule has 8 heteroatoms. The molecule has 1 aliphatic rings. The first-order chi connectivity index (χ1) is 9.66. The van der Waals surface area contributed by atoms with E-state index in [1.54, 1.807) is 18.2 Å². The molecule has 0 bridgehead atoms. The van der Waals surface area contributed by atoms with Crippen LogP contribution in [-0.4, -0.2) is 57.6 Å². The van der Waals surface area contributed by atoms with Gasteiger partial charge in [0, 0.05) is 6.54 Å². The van der Waals surface area contributed by atoms with Crippen molar-refractivity contribution in [3.05, 3.63) is 30.2 Å². The molecule has 1 amide bonds. The van der Waals surface area contributed by atoms with Crippen molar-refractivity contribution in [1.82, 2.24) is 19.5 Å². The van der Waals surface area contributed by atoms with Crippen LogP contribution in [0.1, 0.15) is 10.5 Å². The van der Waals surface area contributed by atoms with Crippen LogP contribution in [0.4, 0.5) is 8.78 Å². The number of nitrogens with zero attached hydrogens (tertiary/aromatic N) is 4.